The summed E-state index contributed by atoms with van der Waals surface area (Å²) in [6.07, 6.45) is 2.27. The number of ether oxygens (including phenoxy) is 1. The first-order valence-electron chi connectivity index (χ1n) is 10.5. The number of alkyl carbamates (subject to hydrolysis) is 1. The Morgan fingerprint density at radius 3 is 1.89 bits per heavy atom. The van der Waals surface area contributed by atoms with E-state index in [1.807, 2.05) is 20.8 Å². The summed E-state index contributed by atoms with van der Waals surface area (Å²) in [7, 11) is -1.84. The molecule has 0 saturated heterocycles. The van der Waals surface area contributed by atoms with Crippen LogP contribution < -0.4 is 5.32 Å². The molecular formula is C22H41NO3Si. The average molecular weight is 396 g/mol. The van der Waals surface area contributed by atoms with E-state index in [1.54, 1.807) is 0 Å². The fourth-order valence-electron chi connectivity index (χ4n) is 4.50. The van der Waals surface area contributed by atoms with Crippen molar-refractivity contribution >= 4 is 14.2 Å². The summed E-state index contributed by atoms with van der Waals surface area (Å²) in [4.78, 5) is 12.0. The van der Waals surface area contributed by atoms with Crippen LogP contribution in [-0.4, -0.2) is 36.5 Å². The highest BCUT2D eigenvalue weighted by atomic mass is 28.3. The fourth-order valence-corrected chi connectivity index (χ4v) is 9.81. The van der Waals surface area contributed by atoms with Crippen LogP contribution in [0.2, 0.25) is 16.6 Å². The van der Waals surface area contributed by atoms with Gasteiger partial charge in [-0.3, -0.25) is 0 Å². The van der Waals surface area contributed by atoms with Crippen LogP contribution in [0.1, 0.15) is 88.0 Å². The van der Waals surface area contributed by atoms with Crippen molar-refractivity contribution in [2.24, 2.45) is 0 Å². The van der Waals surface area contributed by atoms with Crippen LogP contribution in [-0.2, 0) is 4.74 Å². The van der Waals surface area contributed by atoms with Gasteiger partial charge in [0.2, 0.25) is 0 Å². The van der Waals surface area contributed by atoms with E-state index in [0.29, 0.717) is 29.5 Å². The van der Waals surface area contributed by atoms with Crippen molar-refractivity contribution in [3.8, 4) is 11.5 Å². The minimum atomic E-state index is -1.84. The van der Waals surface area contributed by atoms with Crippen LogP contribution in [0, 0.1) is 11.5 Å². The monoisotopic (exact) mass is 395 g/mol. The SMILES string of the molecule is CC(C)[Si](C#CC1(O)CCC(NC(=O)OC(C)(C)C)CC1)(C(C)C)C(C)C. The zero-order valence-corrected chi connectivity index (χ0v) is 19.9. The summed E-state index contributed by atoms with van der Waals surface area (Å²) in [6, 6.07) is 0.0456. The molecule has 1 aliphatic rings. The number of rotatable bonds is 4. The molecule has 0 aromatic rings. The second-order valence-corrected chi connectivity index (χ2v) is 15.7. The van der Waals surface area contributed by atoms with Crippen LogP contribution >= 0.6 is 0 Å². The molecule has 4 nitrogen and oxygen atoms in total. The predicted octanol–water partition coefficient (Wildman–Crippen LogP) is 5.41. The molecule has 0 aliphatic heterocycles. The molecule has 156 valence electrons. The zero-order chi connectivity index (χ0) is 21.0. The largest absolute Gasteiger partial charge is 0.444 e. The number of hydrogen-bond donors (Lipinski definition) is 2. The van der Waals surface area contributed by atoms with Gasteiger partial charge in [0.05, 0.1) is 0 Å². The Balaban J connectivity index is 2.80. The highest BCUT2D eigenvalue weighted by Crippen LogP contribution is 2.41. The molecule has 0 atom stereocenters. The van der Waals surface area contributed by atoms with Gasteiger partial charge in [0.1, 0.15) is 19.3 Å². The first-order valence-corrected chi connectivity index (χ1v) is 12.7. The smallest absolute Gasteiger partial charge is 0.407 e. The number of hydrogen-bond acceptors (Lipinski definition) is 3. The molecule has 0 spiro atoms. The summed E-state index contributed by atoms with van der Waals surface area (Å²) < 4.78 is 5.33. The molecule has 0 unspecified atom stereocenters. The molecule has 1 saturated carbocycles. The number of carbonyl (C=O) groups is 1. The number of carbonyl (C=O) groups excluding carboxylic acids is 1. The highest BCUT2D eigenvalue weighted by molar-refractivity contribution is 6.90. The minimum absolute atomic E-state index is 0.0456. The Hall–Kier alpha value is -0.993. The van der Waals surface area contributed by atoms with Crippen LogP contribution in [0.5, 0.6) is 0 Å². The van der Waals surface area contributed by atoms with Crippen molar-refractivity contribution in [2.75, 3.05) is 0 Å². The summed E-state index contributed by atoms with van der Waals surface area (Å²) >= 11 is 0. The topological polar surface area (TPSA) is 58.6 Å². The maximum Gasteiger partial charge on any atom is 0.407 e. The molecular weight excluding hydrogens is 354 g/mol. The number of amides is 1. The molecule has 0 bridgehead atoms. The second-order valence-electron chi connectivity index (χ2n) is 10.1. The van der Waals surface area contributed by atoms with Crippen molar-refractivity contribution in [1.29, 1.82) is 0 Å². The second kappa shape index (κ2) is 9.00. The Morgan fingerprint density at radius 2 is 1.52 bits per heavy atom. The lowest BCUT2D eigenvalue weighted by Gasteiger charge is -2.39. The number of aliphatic hydroxyl groups is 1. The molecule has 1 amide bonds. The summed E-state index contributed by atoms with van der Waals surface area (Å²) in [6.45, 7) is 19.3. The molecule has 0 radical (unpaired) electrons. The fraction of sp³-hybridized carbons (Fsp3) is 0.864. The van der Waals surface area contributed by atoms with Gasteiger partial charge in [0, 0.05) is 6.04 Å². The summed E-state index contributed by atoms with van der Waals surface area (Å²) in [5.74, 6) is 3.32. The van der Waals surface area contributed by atoms with E-state index in [9.17, 15) is 9.90 Å². The van der Waals surface area contributed by atoms with Gasteiger partial charge in [-0.1, -0.05) is 47.5 Å². The molecule has 0 aromatic heterocycles. The third kappa shape index (κ3) is 6.53. The molecule has 1 aliphatic carbocycles. The van der Waals surface area contributed by atoms with Gasteiger partial charge >= 0.3 is 6.09 Å². The van der Waals surface area contributed by atoms with Crippen LogP contribution in [0.15, 0.2) is 0 Å². The molecule has 2 N–H and O–H groups in total. The lowest BCUT2D eigenvalue weighted by atomic mass is 9.83. The van der Waals surface area contributed by atoms with Crippen molar-refractivity contribution in [1.82, 2.24) is 5.32 Å². The van der Waals surface area contributed by atoms with Crippen LogP contribution in [0.3, 0.4) is 0 Å². The molecule has 27 heavy (non-hydrogen) atoms. The van der Waals surface area contributed by atoms with E-state index < -0.39 is 19.3 Å². The zero-order valence-electron chi connectivity index (χ0n) is 18.9. The third-order valence-corrected chi connectivity index (χ3v) is 12.2. The van der Waals surface area contributed by atoms with Crippen molar-refractivity contribution in [3.05, 3.63) is 0 Å². The van der Waals surface area contributed by atoms with E-state index in [1.165, 1.54) is 0 Å². The van der Waals surface area contributed by atoms with Crippen LogP contribution in [0.4, 0.5) is 4.79 Å². The van der Waals surface area contributed by atoms with Gasteiger partial charge in [-0.2, -0.15) is 0 Å². The third-order valence-electron chi connectivity index (χ3n) is 5.91. The Morgan fingerprint density at radius 1 is 1.07 bits per heavy atom. The van der Waals surface area contributed by atoms with Crippen molar-refractivity contribution in [2.45, 2.75) is 122 Å². The summed E-state index contributed by atoms with van der Waals surface area (Å²) in [5, 5.41) is 14.0. The number of nitrogens with one attached hydrogen (secondary N) is 1. The first-order chi connectivity index (χ1) is 12.2. The van der Waals surface area contributed by atoms with E-state index >= 15 is 0 Å². The van der Waals surface area contributed by atoms with Crippen molar-refractivity contribution in [3.63, 3.8) is 0 Å². The molecule has 0 heterocycles. The lowest BCUT2D eigenvalue weighted by molar-refractivity contribution is 0.0343. The standard InChI is InChI=1S/C22H41NO3Si/c1-16(2)27(17(3)4,18(5)6)15-14-22(25)12-10-19(11-13-22)23-20(24)26-21(7,8)9/h16-19,25H,10-13H2,1-9H3,(H,23,24). The van der Waals surface area contributed by atoms with Gasteiger partial charge in [-0.15, -0.1) is 5.54 Å². The van der Waals surface area contributed by atoms with E-state index in [0.717, 1.165) is 12.8 Å². The lowest BCUT2D eigenvalue weighted by Crippen LogP contribution is -2.46. The normalized spacial score (nSPS) is 24.0. The molecule has 1 fully saturated rings. The van der Waals surface area contributed by atoms with E-state index in [4.69, 9.17) is 4.74 Å². The maximum absolute atomic E-state index is 12.0. The Kier molecular flexibility index (Phi) is 8.02. The van der Waals surface area contributed by atoms with Gasteiger partial charge in [0.25, 0.3) is 0 Å². The van der Waals surface area contributed by atoms with Crippen molar-refractivity contribution < 1.29 is 14.6 Å². The maximum atomic E-state index is 12.0. The quantitative estimate of drug-likeness (QED) is 0.494. The Bertz CT molecular complexity index is 537. The minimum Gasteiger partial charge on any atom is -0.444 e. The molecule has 5 heteroatoms. The highest BCUT2D eigenvalue weighted by Gasteiger charge is 2.42. The van der Waals surface area contributed by atoms with Crippen LogP contribution in [0.25, 0.3) is 0 Å². The average Bonchev–Trinajstić information content (AvgIpc) is 2.47. The van der Waals surface area contributed by atoms with Gasteiger partial charge in [-0.05, 0) is 63.1 Å². The molecule has 0 aromatic carbocycles. The Labute approximate surface area is 167 Å². The molecule has 1 rings (SSSR count). The predicted molar refractivity (Wildman–Crippen MR) is 115 cm³/mol. The van der Waals surface area contributed by atoms with Gasteiger partial charge in [0.15, 0.2) is 0 Å². The van der Waals surface area contributed by atoms with E-state index in [-0.39, 0.29) is 12.1 Å². The van der Waals surface area contributed by atoms with E-state index in [2.05, 4.69) is 58.3 Å². The van der Waals surface area contributed by atoms with Gasteiger partial charge < -0.3 is 15.2 Å². The van der Waals surface area contributed by atoms with Gasteiger partial charge in [-0.25, -0.2) is 4.79 Å². The first kappa shape index (κ1) is 24.0. The summed E-state index contributed by atoms with van der Waals surface area (Å²) in [5.41, 5.74) is 3.89.